The summed E-state index contributed by atoms with van der Waals surface area (Å²) in [5, 5.41) is 19.6. The van der Waals surface area contributed by atoms with Gasteiger partial charge in [-0.2, -0.15) is 5.06 Å². The second-order valence-corrected chi connectivity index (χ2v) is 8.95. The monoisotopic (exact) mass is 487 g/mol. The summed E-state index contributed by atoms with van der Waals surface area (Å²) >= 11 is 3.11. The van der Waals surface area contributed by atoms with E-state index >= 15 is 0 Å². The predicted molar refractivity (Wildman–Crippen MR) is 106 cm³/mol. The number of ketones is 2. The molecule has 1 heterocycles. The summed E-state index contributed by atoms with van der Waals surface area (Å²) in [5.41, 5.74) is 1.39. The molecule has 0 saturated carbocycles. The quantitative estimate of drug-likeness (QED) is 0.272. The number of aromatic hydroxyl groups is 1. The minimum Gasteiger partial charge on any atom is -0.505 e. The Morgan fingerprint density at radius 3 is 2.55 bits per heavy atom. The van der Waals surface area contributed by atoms with E-state index < -0.39 is 58.6 Å². The van der Waals surface area contributed by atoms with Gasteiger partial charge < -0.3 is 5.11 Å². The Balaban J connectivity index is 1.72. The van der Waals surface area contributed by atoms with Gasteiger partial charge in [0.1, 0.15) is 0 Å². The van der Waals surface area contributed by atoms with Crippen LogP contribution in [0.25, 0.3) is 0 Å². The van der Waals surface area contributed by atoms with Crippen LogP contribution in [-0.2, 0) is 19.2 Å². The van der Waals surface area contributed by atoms with Crippen molar-refractivity contribution in [2.45, 2.75) is 18.8 Å². The molecule has 0 bridgehead atoms. The largest absolute Gasteiger partial charge is 0.505 e. The first kappa shape index (κ1) is 20.0. The van der Waals surface area contributed by atoms with Crippen molar-refractivity contribution in [1.29, 1.82) is 0 Å². The number of hydrogen-bond acceptors (Lipinski definition) is 6. The standard InChI is InChI=1S/C22H15BrFNO6/c23-13-7-16(27)19-12(20(13)28)6-11-9(17(19)8-1-4-15(26)14(24)5-8)2-3-10-18(11)22(30)25(31)21(10)29/h1-2,4-5,7,10-11,17-18,26,31H,3,6H2/t10-,11+,17-,18-/m0/s1. The minimum atomic E-state index is -0.879. The van der Waals surface area contributed by atoms with Crippen LogP contribution in [0.15, 0.2) is 51.6 Å². The average Bonchev–Trinajstić information content (AvgIpc) is 2.97. The van der Waals surface area contributed by atoms with Crippen molar-refractivity contribution in [2.24, 2.45) is 17.8 Å². The topological polar surface area (TPSA) is 112 Å². The highest BCUT2D eigenvalue weighted by atomic mass is 79.9. The molecule has 5 rings (SSSR count). The predicted octanol–water partition coefficient (Wildman–Crippen LogP) is 2.68. The van der Waals surface area contributed by atoms with Crippen molar-refractivity contribution < 1.29 is 33.9 Å². The summed E-state index contributed by atoms with van der Waals surface area (Å²) in [6.07, 6.45) is 3.16. The molecule has 2 amide bonds. The molecule has 3 aliphatic carbocycles. The zero-order chi connectivity index (χ0) is 22.2. The number of fused-ring (bicyclic) bond motifs is 3. The van der Waals surface area contributed by atoms with Crippen LogP contribution in [0.2, 0.25) is 0 Å². The lowest BCUT2D eigenvalue weighted by molar-refractivity contribution is -0.173. The molecular weight excluding hydrogens is 473 g/mol. The zero-order valence-corrected chi connectivity index (χ0v) is 17.4. The fourth-order valence-corrected chi connectivity index (χ4v) is 5.72. The number of phenolic OH excluding ortho intramolecular Hbond substituents is 1. The van der Waals surface area contributed by atoms with Crippen molar-refractivity contribution >= 4 is 39.3 Å². The van der Waals surface area contributed by atoms with Gasteiger partial charge >= 0.3 is 0 Å². The van der Waals surface area contributed by atoms with Gasteiger partial charge in [0.15, 0.2) is 23.1 Å². The molecule has 0 aromatic heterocycles. The van der Waals surface area contributed by atoms with Gasteiger partial charge in [0.25, 0.3) is 11.8 Å². The molecular formula is C22H15BrFNO6. The smallest absolute Gasteiger partial charge is 0.257 e. The number of hydrogen-bond donors (Lipinski definition) is 2. The first-order valence-electron chi connectivity index (χ1n) is 9.65. The molecule has 0 spiro atoms. The van der Waals surface area contributed by atoms with Gasteiger partial charge in [0, 0.05) is 23.1 Å². The second kappa shape index (κ2) is 6.80. The molecule has 0 radical (unpaired) electrons. The molecule has 1 saturated heterocycles. The van der Waals surface area contributed by atoms with E-state index in [9.17, 15) is 33.9 Å². The lowest BCUT2D eigenvalue weighted by Crippen LogP contribution is -2.39. The Labute approximate surface area is 183 Å². The lowest BCUT2D eigenvalue weighted by Gasteiger charge is -2.42. The number of imide groups is 1. The van der Waals surface area contributed by atoms with Gasteiger partial charge in [0.2, 0.25) is 0 Å². The number of carbonyl (C=O) groups excluding carboxylic acids is 4. The average molecular weight is 488 g/mol. The number of carbonyl (C=O) groups is 4. The molecule has 4 aliphatic rings. The molecule has 1 aliphatic heterocycles. The Bertz CT molecular complexity index is 1200. The van der Waals surface area contributed by atoms with Gasteiger partial charge in [-0.05, 0) is 52.4 Å². The molecule has 0 unspecified atom stereocenters. The first-order valence-corrected chi connectivity index (χ1v) is 10.4. The number of rotatable bonds is 1. The number of allylic oxidation sites excluding steroid dienone is 6. The Kier molecular flexibility index (Phi) is 4.39. The van der Waals surface area contributed by atoms with E-state index in [2.05, 4.69) is 15.9 Å². The van der Waals surface area contributed by atoms with Crippen molar-refractivity contribution in [3.8, 4) is 5.75 Å². The Hall–Kier alpha value is -2.91. The number of benzene rings is 1. The Morgan fingerprint density at radius 1 is 1.10 bits per heavy atom. The van der Waals surface area contributed by atoms with E-state index in [4.69, 9.17) is 0 Å². The van der Waals surface area contributed by atoms with Crippen LogP contribution in [-0.4, -0.2) is 38.8 Å². The molecule has 1 aromatic rings. The number of amides is 2. The fourth-order valence-electron chi connectivity index (χ4n) is 5.27. The molecule has 7 nitrogen and oxygen atoms in total. The highest BCUT2D eigenvalue weighted by Gasteiger charge is 2.56. The third-order valence-electron chi connectivity index (χ3n) is 6.61. The number of Topliss-reactive ketones (excluding diaryl/α,β-unsaturated/α-hetero) is 1. The van der Waals surface area contributed by atoms with Crippen LogP contribution in [0.1, 0.15) is 24.3 Å². The van der Waals surface area contributed by atoms with Crippen LogP contribution >= 0.6 is 15.9 Å². The number of phenols is 1. The molecule has 4 atom stereocenters. The molecule has 158 valence electrons. The maximum Gasteiger partial charge on any atom is 0.257 e. The second-order valence-electron chi connectivity index (χ2n) is 8.09. The maximum atomic E-state index is 14.2. The van der Waals surface area contributed by atoms with E-state index in [1.165, 1.54) is 18.2 Å². The van der Waals surface area contributed by atoms with Gasteiger partial charge in [-0.25, -0.2) is 4.39 Å². The molecule has 1 fully saturated rings. The van der Waals surface area contributed by atoms with Gasteiger partial charge in [-0.1, -0.05) is 17.7 Å². The normalized spacial score (nSPS) is 30.1. The summed E-state index contributed by atoms with van der Waals surface area (Å²) < 4.78 is 14.3. The summed E-state index contributed by atoms with van der Waals surface area (Å²) in [6.45, 7) is 0. The zero-order valence-electron chi connectivity index (χ0n) is 15.8. The molecule has 31 heavy (non-hydrogen) atoms. The fraction of sp³-hybridized carbons (Fsp3) is 0.273. The summed E-state index contributed by atoms with van der Waals surface area (Å²) in [5.74, 6) is -6.71. The van der Waals surface area contributed by atoms with E-state index in [1.54, 1.807) is 6.08 Å². The maximum absolute atomic E-state index is 14.2. The van der Waals surface area contributed by atoms with Crippen LogP contribution < -0.4 is 0 Å². The molecule has 1 aromatic carbocycles. The number of hydroxylamine groups is 2. The van der Waals surface area contributed by atoms with E-state index in [0.717, 1.165) is 6.07 Å². The number of nitrogens with zero attached hydrogens (tertiary/aromatic N) is 1. The van der Waals surface area contributed by atoms with Gasteiger partial charge in [-0.15, -0.1) is 0 Å². The van der Waals surface area contributed by atoms with Crippen LogP contribution in [0.5, 0.6) is 5.75 Å². The van der Waals surface area contributed by atoms with E-state index in [-0.39, 0.29) is 33.5 Å². The Morgan fingerprint density at radius 2 is 1.84 bits per heavy atom. The summed E-state index contributed by atoms with van der Waals surface area (Å²) in [4.78, 5) is 50.8. The van der Waals surface area contributed by atoms with Crippen LogP contribution in [0, 0.1) is 23.6 Å². The van der Waals surface area contributed by atoms with Crippen molar-refractivity contribution in [1.82, 2.24) is 5.06 Å². The highest BCUT2D eigenvalue weighted by Crippen LogP contribution is 2.55. The molecule has 2 N–H and O–H groups in total. The van der Waals surface area contributed by atoms with E-state index in [0.29, 0.717) is 11.1 Å². The molecule has 9 heteroatoms. The lowest BCUT2D eigenvalue weighted by atomic mass is 9.59. The third-order valence-corrected chi connectivity index (χ3v) is 7.20. The van der Waals surface area contributed by atoms with Gasteiger partial charge in [0.05, 0.1) is 16.3 Å². The summed E-state index contributed by atoms with van der Waals surface area (Å²) in [7, 11) is 0. The minimum absolute atomic E-state index is 0.0553. The van der Waals surface area contributed by atoms with Gasteiger partial charge in [-0.3, -0.25) is 24.4 Å². The van der Waals surface area contributed by atoms with Crippen molar-refractivity contribution in [3.05, 3.63) is 62.9 Å². The number of halogens is 2. The summed E-state index contributed by atoms with van der Waals surface area (Å²) in [6, 6.07) is 3.74. The van der Waals surface area contributed by atoms with Crippen molar-refractivity contribution in [3.63, 3.8) is 0 Å². The first-order chi connectivity index (χ1) is 14.7. The SMILES string of the molecule is O=C1C=C(Br)C(=O)C2=C1[C@@H](c1ccc(O)c(F)c1)C1=CC[C@@H]3C(=O)N(O)C(=O)[C@@H]3[C@@H]1C2. The van der Waals surface area contributed by atoms with Crippen LogP contribution in [0.3, 0.4) is 0 Å². The van der Waals surface area contributed by atoms with E-state index in [1.807, 2.05) is 0 Å². The van der Waals surface area contributed by atoms with Crippen molar-refractivity contribution in [2.75, 3.05) is 0 Å². The highest BCUT2D eigenvalue weighted by molar-refractivity contribution is 9.12. The van der Waals surface area contributed by atoms with Crippen LogP contribution in [0.4, 0.5) is 4.39 Å². The third kappa shape index (κ3) is 2.73.